The van der Waals surface area contributed by atoms with Gasteiger partial charge in [0.1, 0.15) is 0 Å². The lowest BCUT2D eigenvalue weighted by Crippen LogP contribution is -2.10. The van der Waals surface area contributed by atoms with Gasteiger partial charge in [0.05, 0.1) is 0 Å². The van der Waals surface area contributed by atoms with Gasteiger partial charge in [-0.2, -0.15) is 0 Å². The number of nitro groups is 1. The summed E-state index contributed by atoms with van der Waals surface area (Å²) in [6.45, 7) is 6.44. The lowest BCUT2D eigenvalue weighted by atomic mass is 9.87. The van der Waals surface area contributed by atoms with Gasteiger partial charge in [-0.15, -0.1) is 0 Å². The molecule has 0 saturated carbocycles. The minimum absolute atomic E-state index is 0.0745. The van der Waals surface area contributed by atoms with Gasteiger partial charge in [0, 0.05) is 9.82 Å². The molecule has 0 aromatic heterocycles. The molecule has 4 heteroatoms. The smallest absolute Gasteiger partial charge is 0.253 e. The van der Waals surface area contributed by atoms with Gasteiger partial charge in [-0.3, -0.25) is 10.1 Å². The Morgan fingerprint density at radius 2 is 1.80 bits per heavy atom. The summed E-state index contributed by atoms with van der Waals surface area (Å²) in [4.78, 5) is 10.8. The summed E-state index contributed by atoms with van der Waals surface area (Å²) in [6.07, 6.45) is 0. The van der Waals surface area contributed by atoms with Gasteiger partial charge < -0.3 is 0 Å². The molecule has 0 spiro atoms. The first kappa shape index (κ1) is 12.0. The monoisotopic (exact) mass is 225 g/mol. The number of thioether (sulfide) groups is 1. The Morgan fingerprint density at radius 1 is 1.27 bits per heavy atom. The molecular weight excluding hydrogens is 210 g/mol. The minimum Gasteiger partial charge on any atom is -0.264 e. The Kier molecular flexibility index (Phi) is 3.74. The highest BCUT2D eigenvalue weighted by molar-refractivity contribution is 7.99. The highest BCUT2D eigenvalue weighted by Crippen LogP contribution is 2.25. The fourth-order valence-electron chi connectivity index (χ4n) is 1.18. The van der Waals surface area contributed by atoms with Crippen LogP contribution in [0.3, 0.4) is 0 Å². The summed E-state index contributed by atoms with van der Waals surface area (Å²) in [6, 6.07) is 7.94. The Hall–Kier alpha value is -1.03. The maximum atomic E-state index is 10.2. The van der Waals surface area contributed by atoms with Crippen LogP contribution in [0.25, 0.3) is 0 Å². The van der Waals surface area contributed by atoms with Crippen LogP contribution in [0.2, 0.25) is 0 Å². The third-order valence-corrected chi connectivity index (χ3v) is 3.00. The van der Waals surface area contributed by atoms with E-state index < -0.39 is 0 Å². The second-order valence-corrected chi connectivity index (χ2v) is 5.40. The number of rotatable bonds is 3. The molecule has 0 unspecified atom stereocenters. The molecule has 15 heavy (non-hydrogen) atoms. The van der Waals surface area contributed by atoms with Crippen LogP contribution >= 0.6 is 11.8 Å². The molecule has 0 bridgehead atoms. The van der Waals surface area contributed by atoms with E-state index in [2.05, 4.69) is 20.8 Å². The molecule has 0 N–H and O–H groups in total. The van der Waals surface area contributed by atoms with Crippen molar-refractivity contribution < 1.29 is 4.92 Å². The summed E-state index contributed by atoms with van der Waals surface area (Å²) in [5.74, 6) is -0.0745. The van der Waals surface area contributed by atoms with Crippen molar-refractivity contribution in [3.05, 3.63) is 39.9 Å². The minimum atomic E-state index is -0.317. The van der Waals surface area contributed by atoms with Crippen molar-refractivity contribution >= 4 is 11.8 Å². The number of hydrogen-bond acceptors (Lipinski definition) is 3. The first-order valence-corrected chi connectivity index (χ1v) is 5.73. The quantitative estimate of drug-likeness (QED) is 0.343. The molecule has 0 heterocycles. The molecule has 1 rings (SSSR count). The molecule has 0 aliphatic carbocycles. The largest absolute Gasteiger partial charge is 0.264 e. The van der Waals surface area contributed by atoms with Gasteiger partial charge in [0.15, 0.2) is 0 Å². The Bertz CT molecular complexity index is 341. The normalized spacial score (nSPS) is 11.4. The van der Waals surface area contributed by atoms with Gasteiger partial charge in [-0.25, -0.2) is 0 Å². The molecule has 1 aromatic carbocycles. The van der Waals surface area contributed by atoms with E-state index in [1.54, 1.807) is 0 Å². The van der Waals surface area contributed by atoms with Crippen molar-refractivity contribution in [1.29, 1.82) is 0 Å². The van der Waals surface area contributed by atoms with E-state index in [1.807, 2.05) is 24.3 Å². The zero-order valence-corrected chi connectivity index (χ0v) is 10.0. The molecule has 0 aliphatic heterocycles. The van der Waals surface area contributed by atoms with Crippen LogP contribution in [-0.2, 0) is 5.41 Å². The molecule has 3 nitrogen and oxygen atoms in total. The van der Waals surface area contributed by atoms with Crippen LogP contribution in [0.5, 0.6) is 0 Å². The van der Waals surface area contributed by atoms with Crippen molar-refractivity contribution in [2.75, 3.05) is 5.88 Å². The van der Waals surface area contributed by atoms with Gasteiger partial charge >= 0.3 is 0 Å². The van der Waals surface area contributed by atoms with Crippen molar-refractivity contribution in [3.8, 4) is 0 Å². The van der Waals surface area contributed by atoms with E-state index >= 15 is 0 Å². The summed E-state index contributed by atoms with van der Waals surface area (Å²) in [5.41, 5.74) is 1.37. The standard InChI is InChI=1S/C11H15NO2S/c1-11(2,3)9-4-6-10(7-5-9)15-8-12(13)14/h4-7H,8H2,1-3H3. The summed E-state index contributed by atoms with van der Waals surface area (Å²) >= 11 is 1.25. The maximum Gasteiger partial charge on any atom is 0.253 e. The predicted molar refractivity (Wildman–Crippen MR) is 62.9 cm³/mol. The average Bonchev–Trinajstić information content (AvgIpc) is 2.14. The van der Waals surface area contributed by atoms with Gasteiger partial charge in [-0.05, 0) is 23.1 Å². The van der Waals surface area contributed by atoms with E-state index in [0.717, 1.165) is 4.90 Å². The zero-order valence-electron chi connectivity index (χ0n) is 9.19. The third kappa shape index (κ3) is 3.91. The fraction of sp³-hybridized carbons (Fsp3) is 0.455. The second kappa shape index (κ2) is 4.66. The first-order chi connectivity index (χ1) is 6.89. The molecule has 1 aromatic rings. The Morgan fingerprint density at radius 3 is 2.20 bits per heavy atom. The Balaban J connectivity index is 2.69. The highest BCUT2D eigenvalue weighted by atomic mass is 32.2. The first-order valence-electron chi connectivity index (χ1n) is 4.75. The second-order valence-electron chi connectivity index (χ2n) is 4.38. The van der Waals surface area contributed by atoms with Gasteiger partial charge in [0.25, 0.3) is 5.88 Å². The summed E-state index contributed by atoms with van der Waals surface area (Å²) in [7, 11) is 0. The van der Waals surface area contributed by atoms with Crippen LogP contribution in [0.15, 0.2) is 29.2 Å². The van der Waals surface area contributed by atoms with Crippen LogP contribution in [0, 0.1) is 10.1 Å². The van der Waals surface area contributed by atoms with Gasteiger partial charge in [-0.1, -0.05) is 44.7 Å². The zero-order chi connectivity index (χ0) is 11.5. The Labute approximate surface area is 94.0 Å². The third-order valence-electron chi connectivity index (χ3n) is 2.06. The van der Waals surface area contributed by atoms with Crippen molar-refractivity contribution in [2.45, 2.75) is 31.1 Å². The van der Waals surface area contributed by atoms with Crippen LogP contribution in [-0.4, -0.2) is 10.8 Å². The molecule has 82 valence electrons. The average molecular weight is 225 g/mol. The maximum absolute atomic E-state index is 10.2. The molecule has 0 atom stereocenters. The van der Waals surface area contributed by atoms with Crippen LogP contribution < -0.4 is 0 Å². The van der Waals surface area contributed by atoms with E-state index in [-0.39, 0.29) is 16.2 Å². The topological polar surface area (TPSA) is 43.1 Å². The number of hydrogen-bond donors (Lipinski definition) is 0. The van der Waals surface area contributed by atoms with E-state index in [0.29, 0.717) is 0 Å². The molecule has 0 amide bonds. The lowest BCUT2D eigenvalue weighted by molar-refractivity contribution is -0.456. The number of benzene rings is 1. The summed E-state index contributed by atoms with van der Waals surface area (Å²) < 4.78 is 0. The lowest BCUT2D eigenvalue weighted by Gasteiger charge is -2.18. The molecule has 0 radical (unpaired) electrons. The van der Waals surface area contributed by atoms with Crippen LogP contribution in [0.1, 0.15) is 26.3 Å². The van der Waals surface area contributed by atoms with E-state index in [4.69, 9.17) is 0 Å². The molecule has 0 aliphatic rings. The predicted octanol–water partition coefficient (Wildman–Crippen LogP) is 3.31. The van der Waals surface area contributed by atoms with Gasteiger partial charge in [0.2, 0.25) is 0 Å². The van der Waals surface area contributed by atoms with E-state index in [1.165, 1.54) is 17.3 Å². The van der Waals surface area contributed by atoms with E-state index in [9.17, 15) is 10.1 Å². The highest BCUT2D eigenvalue weighted by Gasteiger charge is 2.13. The van der Waals surface area contributed by atoms with Crippen molar-refractivity contribution in [2.24, 2.45) is 0 Å². The molecule has 0 fully saturated rings. The van der Waals surface area contributed by atoms with Crippen molar-refractivity contribution in [1.82, 2.24) is 0 Å². The fourth-order valence-corrected chi connectivity index (χ4v) is 1.76. The SMILES string of the molecule is CC(C)(C)c1ccc(SC[N+](=O)[O-])cc1. The molecular formula is C11H15NO2S. The van der Waals surface area contributed by atoms with Crippen molar-refractivity contribution in [3.63, 3.8) is 0 Å². The molecule has 0 saturated heterocycles. The summed E-state index contributed by atoms with van der Waals surface area (Å²) in [5, 5.41) is 10.2. The number of nitrogens with zero attached hydrogens (tertiary/aromatic N) is 1. The van der Waals surface area contributed by atoms with Crippen LogP contribution in [0.4, 0.5) is 0 Å².